The molecule has 0 bridgehead atoms. The maximum atomic E-state index is 14.0. The Labute approximate surface area is 141 Å². The van der Waals surface area contributed by atoms with Crippen LogP contribution in [0.3, 0.4) is 0 Å². The van der Waals surface area contributed by atoms with Crippen LogP contribution in [0, 0.1) is 11.6 Å². The number of methoxy groups -OCH3 is 1. The number of ether oxygens (including phenoxy) is 1. The van der Waals surface area contributed by atoms with E-state index < -0.39 is 11.6 Å². The Bertz CT molecular complexity index is 720. The van der Waals surface area contributed by atoms with Crippen LogP contribution in [0.5, 0.6) is 5.75 Å². The standard InChI is InChI=1S/C20H21F2NO/c1-14(20-18(21)4-3-5-19(20)22)23-12-10-16(11-13-23)15-6-8-17(24-2)9-7-15/h3-10,14H,11-13H2,1-2H3/t14-/m1/s1. The molecule has 0 unspecified atom stereocenters. The highest BCUT2D eigenvalue weighted by molar-refractivity contribution is 5.67. The van der Waals surface area contributed by atoms with Gasteiger partial charge in [0.2, 0.25) is 0 Å². The first-order valence-corrected chi connectivity index (χ1v) is 8.11. The summed E-state index contributed by atoms with van der Waals surface area (Å²) in [5.74, 6) is -0.125. The molecule has 0 radical (unpaired) electrons. The molecule has 4 heteroatoms. The second kappa shape index (κ2) is 7.14. The van der Waals surface area contributed by atoms with E-state index in [1.54, 1.807) is 7.11 Å². The lowest BCUT2D eigenvalue weighted by Crippen LogP contribution is -2.32. The van der Waals surface area contributed by atoms with Gasteiger partial charge in [0, 0.05) is 24.7 Å². The van der Waals surface area contributed by atoms with Gasteiger partial charge in [-0.05, 0) is 48.7 Å². The average Bonchev–Trinajstić information content (AvgIpc) is 2.62. The minimum absolute atomic E-state index is 0.152. The second-order valence-corrected chi connectivity index (χ2v) is 6.01. The van der Waals surface area contributed by atoms with Crippen LogP contribution in [-0.4, -0.2) is 25.1 Å². The monoisotopic (exact) mass is 329 g/mol. The topological polar surface area (TPSA) is 12.5 Å². The van der Waals surface area contributed by atoms with Crippen LogP contribution >= 0.6 is 0 Å². The third-order valence-electron chi connectivity index (χ3n) is 4.67. The van der Waals surface area contributed by atoms with E-state index in [0.29, 0.717) is 6.54 Å². The van der Waals surface area contributed by atoms with Gasteiger partial charge in [0.05, 0.1) is 7.11 Å². The van der Waals surface area contributed by atoms with Gasteiger partial charge in [-0.1, -0.05) is 24.3 Å². The number of benzene rings is 2. The highest BCUT2D eigenvalue weighted by Gasteiger charge is 2.24. The molecule has 0 saturated carbocycles. The lowest BCUT2D eigenvalue weighted by Gasteiger charge is -2.32. The van der Waals surface area contributed by atoms with Crippen LogP contribution in [0.1, 0.15) is 30.5 Å². The summed E-state index contributed by atoms with van der Waals surface area (Å²) in [5.41, 5.74) is 2.58. The molecule has 3 rings (SSSR count). The predicted octanol–water partition coefficient (Wildman–Crippen LogP) is 4.82. The number of nitrogens with zero attached hydrogens (tertiary/aromatic N) is 1. The van der Waals surface area contributed by atoms with Gasteiger partial charge in [0.15, 0.2) is 0 Å². The molecule has 1 atom stereocenters. The Balaban J connectivity index is 1.74. The molecule has 126 valence electrons. The van der Waals surface area contributed by atoms with E-state index in [-0.39, 0.29) is 11.6 Å². The van der Waals surface area contributed by atoms with Crippen molar-refractivity contribution in [1.29, 1.82) is 0 Å². The van der Waals surface area contributed by atoms with Crippen molar-refractivity contribution in [3.05, 3.63) is 71.3 Å². The van der Waals surface area contributed by atoms with E-state index in [1.165, 1.54) is 29.3 Å². The summed E-state index contributed by atoms with van der Waals surface area (Å²) in [6.07, 6.45) is 2.99. The van der Waals surface area contributed by atoms with Crippen molar-refractivity contribution < 1.29 is 13.5 Å². The largest absolute Gasteiger partial charge is 0.497 e. The van der Waals surface area contributed by atoms with Crippen LogP contribution in [-0.2, 0) is 0 Å². The van der Waals surface area contributed by atoms with Crippen molar-refractivity contribution in [3.8, 4) is 5.75 Å². The Kier molecular flexibility index (Phi) is 4.95. The molecule has 0 aromatic heterocycles. The van der Waals surface area contributed by atoms with Crippen molar-refractivity contribution in [3.63, 3.8) is 0 Å². The molecule has 0 saturated heterocycles. The minimum atomic E-state index is -0.479. The SMILES string of the molecule is COc1ccc(C2=CCN([C@H](C)c3c(F)cccc3F)CC2)cc1. The van der Waals surface area contributed by atoms with E-state index in [0.717, 1.165) is 18.7 Å². The summed E-state index contributed by atoms with van der Waals surface area (Å²) in [6, 6.07) is 11.7. The van der Waals surface area contributed by atoms with Crippen molar-refractivity contribution >= 4 is 5.57 Å². The summed E-state index contributed by atoms with van der Waals surface area (Å²) in [5, 5.41) is 0. The lowest BCUT2D eigenvalue weighted by atomic mass is 9.97. The highest BCUT2D eigenvalue weighted by Crippen LogP contribution is 2.30. The third-order valence-corrected chi connectivity index (χ3v) is 4.67. The van der Waals surface area contributed by atoms with Crippen LogP contribution in [0.4, 0.5) is 8.78 Å². The molecule has 0 aliphatic carbocycles. The van der Waals surface area contributed by atoms with Gasteiger partial charge in [0.1, 0.15) is 17.4 Å². The molecule has 2 aromatic carbocycles. The van der Waals surface area contributed by atoms with Gasteiger partial charge in [-0.25, -0.2) is 8.78 Å². The van der Waals surface area contributed by atoms with Gasteiger partial charge in [0.25, 0.3) is 0 Å². The van der Waals surface area contributed by atoms with E-state index in [4.69, 9.17) is 4.74 Å². The van der Waals surface area contributed by atoms with Crippen LogP contribution < -0.4 is 4.74 Å². The van der Waals surface area contributed by atoms with Gasteiger partial charge in [-0.15, -0.1) is 0 Å². The first kappa shape index (κ1) is 16.7. The summed E-state index contributed by atoms with van der Waals surface area (Å²) < 4.78 is 33.1. The van der Waals surface area contributed by atoms with Crippen molar-refractivity contribution in [2.45, 2.75) is 19.4 Å². The highest BCUT2D eigenvalue weighted by atomic mass is 19.1. The molecule has 2 aromatic rings. The molecule has 0 fully saturated rings. The smallest absolute Gasteiger partial charge is 0.130 e. The summed E-state index contributed by atoms with van der Waals surface area (Å²) >= 11 is 0. The Hall–Kier alpha value is -2.20. The molecule has 24 heavy (non-hydrogen) atoms. The molecule has 0 spiro atoms. The first-order chi connectivity index (χ1) is 11.6. The molecule has 1 heterocycles. The quantitative estimate of drug-likeness (QED) is 0.797. The molecule has 1 aliphatic rings. The Morgan fingerprint density at radius 3 is 2.25 bits per heavy atom. The zero-order chi connectivity index (χ0) is 17.1. The minimum Gasteiger partial charge on any atom is -0.497 e. The first-order valence-electron chi connectivity index (χ1n) is 8.11. The summed E-state index contributed by atoms with van der Waals surface area (Å²) in [4.78, 5) is 2.09. The van der Waals surface area contributed by atoms with E-state index in [9.17, 15) is 8.78 Å². The van der Waals surface area contributed by atoms with Gasteiger partial charge in [-0.2, -0.15) is 0 Å². The van der Waals surface area contributed by atoms with Crippen molar-refractivity contribution in [1.82, 2.24) is 4.90 Å². The molecule has 2 nitrogen and oxygen atoms in total. The average molecular weight is 329 g/mol. The number of hydrogen-bond acceptors (Lipinski definition) is 2. The van der Waals surface area contributed by atoms with Crippen molar-refractivity contribution in [2.24, 2.45) is 0 Å². The fraction of sp³-hybridized carbons (Fsp3) is 0.300. The molecular weight excluding hydrogens is 308 g/mol. The fourth-order valence-electron chi connectivity index (χ4n) is 3.20. The van der Waals surface area contributed by atoms with Crippen molar-refractivity contribution in [2.75, 3.05) is 20.2 Å². The number of hydrogen-bond donors (Lipinski definition) is 0. The number of halogens is 2. The molecular formula is C20H21F2NO. The Morgan fingerprint density at radius 1 is 1.04 bits per heavy atom. The third kappa shape index (κ3) is 3.34. The second-order valence-electron chi connectivity index (χ2n) is 6.01. The lowest BCUT2D eigenvalue weighted by molar-refractivity contribution is 0.224. The van der Waals surface area contributed by atoms with E-state index in [2.05, 4.69) is 11.0 Å². The van der Waals surface area contributed by atoms with Gasteiger partial charge in [-0.3, -0.25) is 4.90 Å². The molecule has 1 aliphatic heterocycles. The zero-order valence-electron chi connectivity index (χ0n) is 13.9. The zero-order valence-corrected chi connectivity index (χ0v) is 13.9. The van der Waals surface area contributed by atoms with Crippen LogP contribution in [0.15, 0.2) is 48.5 Å². The molecule has 0 amide bonds. The molecule has 0 N–H and O–H groups in total. The van der Waals surface area contributed by atoms with Gasteiger partial charge >= 0.3 is 0 Å². The summed E-state index contributed by atoms with van der Waals surface area (Å²) in [6.45, 7) is 3.30. The predicted molar refractivity (Wildman–Crippen MR) is 91.9 cm³/mol. The van der Waals surface area contributed by atoms with Gasteiger partial charge < -0.3 is 4.74 Å². The maximum Gasteiger partial charge on any atom is 0.130 e. The maximum absolute atomic E-state index is 14.0. The Morgan fingerprint density at radius 2 is 1.71 bits per heavy atom. The van der Waals surface area contributed by atoms with Crippen LogP contribution in [0.2, 0.25) is 0 Å². The van der Waals surface area contributed by atoms with Crippen LogP contribution in [0.25, 0.3) is 5.57 Å². The van der Waals surface area contributed by atoms with E-state index >= 15 is 0 Å². The summed E-state index contributed by atoms with van der Waals surface area (Å²) in [7, 11) is 1.65. The normalized spacial score (nSPS) is 16.6. The van der Waals surface area contributed by atoms with E-state index in [1.807, 2.05) is 31.2 Å². The number of rotatable bonds is 4. The fourth-order valence-corrected chi connectivity index (χ4v) is 3.20.